The summed E-state index contributed by atoms with van der Waals surface area (Å²) < 4.78 is 2.08. The maximum atomic E-state index is 11.8. The Bertz CT molecular complexity index is 1030. The fourth-order valence-electron chi connectivity index (χ4n) is 3.19. The summed E-state index contributed by atoms with van der Waals surface area (Å²) in [4.78, 5) is 11.8. The summed E-state index contributed by atoms with van der Waals surface area (Å²) in [5.74, 6) is 1.74. The average molecular weight is 455 g/mol. The summed E-state index contributed by atoms with van der Waals surface area (Å²) in [7, 11) is 0. The lowest BCUT2D eigenvalue weighted by Gasteiger charge is -2.11. The highest BCUT2D eigenvalue weighted by molar-refractivity contribution is 7.98. The molecule has 0 spiro atoms. The minimum Gasteiger partial charge on any atom is -0.353 e. The molecule has 3 rings (SSSR count). The molecular formula is C24H27ClN4OS. The van der Waals surface area contributed by atoms with E-state index < -0.39 is 0 Å². The Morgan fingerprint density at radius 3 is 2.81 bits per heavy atom. The topological polar surface area (TPSA) is 59.8 Å². The second kappa shape index (κ2) is 11.7. The molecule has 0 bridgehead atoms. The molecule has 0 unspecified atom stereocenters. The maximum absolute atomic E-state index is 11.8. The van der Waals surface area contributed by atoms with Gasteiger partial charge in [0.1, 0.15) is 5.82 Å². The standard InChI is InChI=1S/C24H27ClN4OS/c1-3-15-26-23(30)14-7-6-13-22-27-28-24(29(22)21-12-8-11-20(25)16-21)31-17-19-10-5-4-9-18(19)2/h3-5,8-12,16H,1,6-7,13-15,17H2,2H3,(H,26,30). The van der Waals surface area contributed by atoms with Crippen molar-refractivity contribution in [2.75, 3.05) is 6.54 Å². The van der Waals surface area contributed by atoms with Gasteiger partial charge in [-0.1, -0.05) is 59.8 Å². The lowest BCUT2D eigenvalue weighted by molar-refractivity contribution is -0.121. The van der Waals surface area contributed by atoms with Gasteiger partial charge in [-0.15, -0.1) is 16.8 Å². The molecule has 0 aliphatic carbocycles. The number of halogens is 1. The summed E-state index contributed by atoms with van der Waals surface area (Å²) in [5, 5.41) is 13.2. The molecule has 1 N–H and O–H groups in total. The Morgan fingerprint density at radius 1 is 1.19 bits per heavy atom. The zero-order valence-electron chi connectivity index (χ0n) is 17.7. The number of amides is 1. The van der Waals surface area contributed by atoms with Crippen LogP contribution in [0.1, 0.15) is 36.2 Å². The summed E-state index contributed by atoms with van der Waals surface area (Å²) in [6.45, 7) is 6.23. The SMILES string of the molecule is C=CCNC(=O)CCCCc1nnc(SCc2ccccc2C)n1-c1cccc(Cl)c1. The van der Waals surface area contributed by atoms with Crippen LogP contribution in [0.5, 0.6) is 0 Å². The van der Waals surface area contributed by atoms with Crippen molar-refractivity contribution in [1.29, 1.82) is 0 Å². The second-order valence-corrected chi connectivity index (χ2v) is 8.61. The molecule has 0 saturated heterocycles. The second-order valence-electron chi connectivity index (χ2n) is 7.23. The smallest absolute Gasteiger partial charge is 0.220 e. The first kappa shape index (κ1) is 23.1. The van der Waals surface area contributed by atoms with Gasteiger partial charge in [0.15, 0.2) is 5.16 Å². The minimum absolute atomic E-state index is 0.0469. The van der Waals surface area contributed by atoms with Crippen LogP contribution in [0.15, 0.2) is 66.3 Å². The number of nitrogens with zero attached hydrogens (tertiary/aromatic N) is 3. The van der Waals surface area contributed by atoms with Crippen LogP contribution in [-0.2, 0) is 17.0 Å². The number of benzene rings is 2. The van der Waals surface area contributed by atoms with Crippen molar-refractivity contribution in [3.05, 3.63) is 83.2 Å². The molecular weight excluding hydrogens is 428 g/mol. The molecule has 2 aromatic carbocycles. The van der Waals surface area contributed by atoms with E-state index in [0.29, 0.717) is 18.0 Å². The van der Waals surface area contributed by atoms with Crippen LogP contribution >= 0.6 is 23.4 Å². The maximum Gasteiger partial charge on any atom is 0.220 e. The molecule has 1 aromatic heterocycles. The van der Waals surface area contributed by atoms with Gasteiger partial charge in [-0.3, -0.25) is 9.36 Å². The van der Waals surface area contributed by atoms with Gasteiger partial charge in [-0.05, 0) is 49.1 Å². The molecule has 1 heterocycles. The fraction of sp³-hybridized carbons (Fsp3) is 0.292. The molecule has 5 nitrogen and oxygen atoms in total. The average Bonchev–Trinajstić information content (AvgIpc) is 3.17. The number of carbonyl (C=O) groups excluding carboxylic acids is 1. The number of unbranched alkanes of at least 4 members (excludes halogenated alkanes) is 1. The zero-order chi connectivity index (χ0) is 22.1. The van der Waals surface area contributed by atoms with Gasteiger partial charge in [0.05, 0.1) is 5.69 Å². The van der Waals surface area contributed by atoms with E-state index in [4.69, 9.17) is 11.6 Å². The molecule has 0 saturated carbocycles. The molecule has 162 valence electrons. The lowest BCUT2D eigenvalue weighted by atomic mass is 10.1. The molecule has 0 aliphatic heterocycles. The highest BCUT2D eigenvalue weighted by Crippen LogP contribution is 2.28. The third-order valence-electron chi connectivity index (χ3n) is 4.88. The van der Waals surface area contributed by atoms with Crippen LogP contribution in [0.2, 0.25) is 5.02 Å². The van der Waals surface area contributed by atoms with E-state index in [1.165, 1.54) is 11.1 Å². The number of thioether (sulfide) groups is 1. The Kier molecular flexibility index (Phi) is 8.74. The van der Waals surface area contributed by atoms with Gasteiger partial charge < -0.3 is 5.32 Å². The summed E-state index contributed by atoms with van der Waals surface area (Å²) in [6, 6.07) is 16.1. The van der Waals surface area contributed by atoms with Gasteiger partial charge >= 0.3 is 0 Å². The molecule has 31 heavy (non-hydrogen) atoms. The molecule has 3 aromatic rings. The van der Waals surface area contributed by atoms with Crippen LogP contribution in [0, 0.1) is 6.92 Å². The molecule has 0 fully saturated rings. The molecule has 0 aliphatic rings. The van der Waals surface area contributed by atoms with Crippen LogP contribution in [-0.4, -0.2) is 27.2 Å². The van der Waals surface area contributed by atoms with Crippen LogP contribution in [0.4, 0.5) is 0 Å². The van der Waals surface area contributed by atoms with Gasteiger partial charge in [-0.2, -0.15) is 0 Å². The van der Waals surface area contributed by atoms with Crippen LogP contribution < -0.4 is 5.32 Å². The minimum atomic E-state index is 0.0469. The van der Waals surface area contributed by atoms with Crippen molar-refractivity contribution in [2.24, 2.45) is 0 Å². The molecule has 0 atom stereocenters. The van der Waals surface area contributed by atoms with E-state index in [0.717, 1.165) is 41.7 Å². The van der Waals surface area contributed by atoms with E-state index in [1.54, 1.807) is 17.8 Å². The van der Waals surface area contributed by atoms with E-state index >= 15 is 0 Å². The van der Waals surface area contributed by atoms with E-state index in [2.05, 4.69) is 51.8 Å². The monoisotopic (exact) mass is 454 g/mol. The fourth-order valence-corrected chi connectivity index (χ4v) is 4.42. The quantitative estimate of drug-likeness (QED) is 0.235. The lowest BCUT2D eigenvalue weighted by Crippen LogP contribution is -2.22. The molecule has 7 heteroatoms. The first-order chi connectivity index (χ1) is 15.1. The van der Waals surface area contributed by atoms with Crippen molar-refractivity contribution in [3.8, 4) is 5.69 Å². The normalized spacial score (nSPS) is 10.8. The van der Waals surface area contributed by atoms with E-state index in [9.17, 15) is 4.79 Å². The van der Waals surface area contributed by atoms with Crippen molar-refractivity contribution >= 4 is 29.3 Å². The van der Waals surface area contributed by atoms with Crippen LogP contribution in [0.3, 0.4) is 0 Å². The van der Waals surface area contributed by atoms with Crippen molar-refractivity contribution in [2.45, 2.75) is 43.5 Å². The predicted molar refractivity (Wildman–Crippen MR) is 128 cm³/mol. The number of hydrogen-bond acceptors (Lipinski definition) is 4. The number of hydrogen-bond donors (Lipinski definition) is 1. The first-order valence-corrected chi connectivity index (χ1v) is 11.7. The molecule has 1 amide bonds. The number of rotatable bonds is 11. The summed E-state index contributed by atoms with van der Waals surface area (Å²) in [6.07, 6.45) is 4.55. The highest BCUT2D eigenvalue weighted by atomic mass is 35.5. The number of nitrogens with one attached hydrogen (secondary N) is 1. The van der Waals surface area contributed by atoms with Crippen molar-refractivity contribution in [1.82, 2.24) is 20.1 Å². The van der Waals surface area contributed by atoms with E-state index in [1.807, 2.05) is 30.3 Å². The van der Waals surface area contributed by atoms with Gasteiger partial charge in [0.25, 0.3) is 0 Å². The Morgan fingerprint density at radius 2 is 2.03 bits per heavy atom. The van der Waals surface area contributed by atoms with E-state index in [-0.39, 0.29) is 5.91 Å². The largest absolute Gasteiger partial charge is 0.353 e. The third-order valence-corrected chi connectivity index (χ3v) is 6.10. The summed E-state index contributed by atoms with van der Waals surface area (Å²) >= 11 is 7.91. The van der Waals surface area contributed by atoms with Crippen molar-refractivity contribution in [3.63, 3.8) is 0 Å². The number of aryl methyl sites for hydroxylation is 2. The Balaban J connectivity index is 1.72. The van der Waals surface area contributed by atoms with Crippen molar-refractivity contribution < 1.29 is 4.79 Å². The number of aromatic nitrogens is 3. The first-order valence-electron chi connectivity index (χ1n) is 10.3. The number of carbonyl (C=O) groups is 1. The predicted octanol–water partition coefficient (Wildman–Crippen LogP) is 5.54. The van der Waals surface area contributed by atoms with Crippen LogP contribution in [0.25, 0.3) is 5.69 Å². The summed E-state index contributed by atoms with van der Waals surface area (Å²) in [5.41, 5.74) is 3.49. The zero-order valence-corrected chi connectivity index (χ0v) is 19.3. The molecule has 0 radical (unpaired) electrons. The van der Waals surface area contributed by atoms with Gasteiger partial charge in [-0.25, -0.2) is 0 Å². The highest BCUT2D eigenvalue weighted by Gasteiger charge is 2.15. The van der Waals surface area contributed by atoms with Gasteiger partial charge in [0, 0.05) is 30.2 Å². The van der Waals surface area contributed by atoms with Gasteiger partial charge in [0.2, 0.25) is 5.91 Å². The third kappa shape index (κ3) is 6.71. The Hall–Kier alpha value is -2.57. The Labute approximate surface area is 192 Å².